The third-order valence-corrected chi connectivity index (χ3v) is 4.14. The molecule has 0 aromatic carbocycles. The minimum Gasteiger partial charge on any atom is -0.298 e. The molecule has 82 valence electrons. The second kappa shape index (κ2) is 5.39. The molecule has 14 heavy (non-hydrogen) atoms. The van der Waals surface area contributed by atoms with Gasteiger partial charge in [0.25, 0.3) is 0 Å². The Labute approximate surface area is 105 Å². The third kappa shape index (κ3) is 3.81. The average molecular weight is 327 g/mol. The topological polar surface area (TPSA) is 29.1 Å². The molecule has 0 radical (unpaired) electrons. The molecule has 0 saturated heterocycles. The smallest absolute Gasteiger partial charge is 0.238 e. The van der Waals surface area contributed by atoms with Gasteiger partial charge in [0.2, 0.25) is 5.91 Å². The summed E-state index contributed by atoms with van der Waals surface area (Å²) in [5.74, 6) is 0.0234. The van der Waals surface area contributed by atoms with Crippen LogP contribution in [0.15, 0.2) is 12.7 Å². The second-order valence-corrected chi connectivity index (χ2v) is 6.24. The SMILES string of the molecule is C=CC(C)(CC(C)(C)SC)C(=O)NI. The van der Waals surface area contributed by atoms with Crippen LogP contribution in [0.4, 0.5) is 0 Å². The first-order valence-corrected chi connectivity index (χ1v) is 6.71. The van der Waals surface area contributed by atoms with Crippen molar-refractivity contribution in [2.24, 2.45) is 5.41 Å². The lowest BCUT2D eigenvalue weighted by Gasteiger charge is -2.32. The highest BCUT2D eigenvalue weighted by Gasteiger charge is 2.35. The van der Waals surface area contributed by atoms with E-state index >= 15 is 0 Å². The lowest BCUT2D eigenvalue weighted by atomic mass is 9.81. The number of halogens is 1. The van der Waals surface area contributed by atoms with E-state index in [1.165, 1.54) is 0 Å². The van der Waals surface area contributed by atoms with Gasteiger partial charge in [-0.1, -0.05) is 19.9 Å². The van der Waals surface area contributed by atoms with E-state index in [0.29, 0.717) is 0 Å². The van der Waals surface area contributed by atoms with E-state index in [1.54, 1.807) is 17.8 Å². The van der Waals surface area contributed by atoms with E-state index in [4.69, 9.17) is 0 Å². The largest absolute Gasteiger partial charge is 0.298 e. The van der Waals surface area contributed by atoms with Crippen molar-refractivity contribution in [3.63, 3.8) is 0 Å². The predicted octanol–water partition coefficient (Wildman–Crippen LogP) is 3.18. The van der Waals surface area contributed by atoms with Gasteiger partial charge in [-0.25, -0.2) is 0 Å². The van der Waals surface area contributed by atoms with Crippen LogP contribution in [0.3, 0.4) is 0 Å². The lowest BCUT2D eigenvalue weighted by Crippen LogP contribution is -2.37. The molecule has 1 amide bonds. The molecule has 4 heteroatoms. The summed E-state index contributed by atoms with van der Waals surface area (Å²) >= 11 is 3.64. The van der Waals surface area contributed by atoms with Gasteiger partial charge in [-0.3, -0.25) is 8.32 Å². The fourth-order valence-electron chi connectivity index (χ4n) is 1.31. The van der Waals surface area contributed by atoms with Gasteiger partial charge in [0.15, 0.2) is 0 Å². The molecule has 0 saturated carbocycles. The summed E-state index contributed by atoms with van der Waals surface area (Å²) in [6.07, 6.45) is 4.59. The summed E-state index contributed by atoms with van der Waals surface area (Å²) in [5, 5.41) is 0. The number of amides is 1. The van der Waals surface area contributed by atoms with Crippen molar-refractivity contribution in [2.75, 3.05) is 6.26 Å². The lowest BCUT2D eigenvalue weighted by molar-refractivity contribution is -0.125. The van der Waals surface area contributed by atoms with Crippen molar-refractivity contribution >= 4 is 40.5 Å². The van der Waals surface area contributed by atoms with Crippen molar-refractivity contribution in [2.45, 2.75) is 31.9 Å². The van der Waals surface area contributed by atoms with Crippen LogP contribution in [-0.4, -0.2) is 16.9 Å². The van der Waals surface area contributed by atoms with E-state index < -0.39 is 5.41 Å². The first-order chi connectivity index (χ1) is 6.31. The molecular formula is C10H18INOS. The van der Waals surface area contributed by atoms with Crippen molar-refractivity contribution < 1.29 is 4.79 Å². The van der Waals surface area contributed by atoms with Crippen LogP contribution in [0.2, 0.25) is 0 Å². The molecule has 0 aliphatic heterocycles. The summed E-state index contributed by atoms with van der Waals surface area (Å²) < 4.78 is 2.74. The van der Waals surface area contributed by atoms with Crippen molar-refractivity contribution in [1.82, 2.24) is 3.53 Å². The predicted molar refractivity (Wildman–Crippen MR) is 72.7 cm³/mol. The van der Waals surface area contributed by atoms with Crippen LogP contribution in [0.25, 0.3) is 0 Å². The summed E-state index contributed by atoms with van der Waals surface area (Å²) in [7, 11) is 0. The highest BCUT2D eigenvalue weighted by atomic mass is 127. The molecular weight excluding hydrogens is 309 g/mol. The molecule has 0 aromatic rings. The van der Waals surface area contributed by atoms with Crippen molar-refractivity contribution in [3.05, 3.63) is 12.7 Å². The number of nitrogens with one attached hydrogen (secondary N) is 1. The summed E-state index contributed by atoms with van der Waals surface area (Å²) in [6.45, 7) is 9.95. The van der Waals surface area contributed by atoms with Gasteiger partial charge in [0.05, 0.1) is 28.3 Å². The Morgan fingerprint density at radius 3 is 2.36 bits per heavy atom. The van der Waals surface area contributed by atoms with Gasteiger partial charge in [-0.15, -0.1) is 6.58 Å². The zero-order valence-corrected chi connectivity index (χ0v) is 12.2. The minimum atomic E-state index is -0.478. The van der Waals surface area contributed by atoms with Gasteiger partial charge in [-0.05, 0) is 19.6 Å². The molecule has 0 heterocycles. The zero-order valence-electron chi connectivity index (χ0n) is 9.19. The first-order valence-electron chi connectivity index (χ1n) is 4.41. The fraction of sp³-hybridized carbons (Fsp3) is 0.700. The maximum absolute atomic E-state index is 11.7. The minimum absolute atomic E-state index is 0.0234. The second-order valence-electron chi connectivity index (χ2n) is 4.19. The van der Waals surface area contributed by atoms with E-state index in [0.717, 1.165) is 6.42 Å². The Hall–Kier alpha value is 0.290. The highest BCUT2D eigenvalue weighted by molar-refractivity contribution is 14.1. The fourth-order valence-corrected chi connectivity index (χ4v) is 2.37. The van der Waals surface area contributed by atoms with Crippen LogP contribution in [0.5, 0.6) is 0 Å². The van der Waals surface area contributed by atoms with E-state index in [9.17, 15) is 4.79 Å². The van der Waals surface area contributed by atoms with Crippen LogP contribution >= 0.6 is 34.6 Å². The molecule has 1 N–H and O–H groups in total. The van der Waals surface area contributed by atoms with Gasteiger partial charge in [-0.2, -0.15) is 11.8 Å². The van der Waals surface area contributed by atoms with Gasteiger partial charge in [0.1, 0.15) is 0 Å². The molecule has 0 aliphatic rings. The van der Waals surface area contributed by atoms with Gasteiger partial charge >= 0.3 is 0 Å². The van der Waals surface area contributed by atoms with E-state index in [1.807, 2.05) is 29.8 Å². The molecule has 0 fully saturated rings. The zero-order chi connectivity index (χ0) is 11.4. The summed E-state index contributed by atoms with van der Waals surface area (Å²) in [6, 6.07) is 0. The molecule has 0 aliphatic carbocycles. The highest BCUT2D eigenvalue weighted by Crippen LogP contribution is 2.37. The van der Waals surface area contributed by atoms with Crippen LogP contribution in [-0.2, 0) is 4.79 Å². The first kappa shape index (κ1) is 14.3. The maximum atomic E-state index is 11.7. The summed E-state index contributed by atoms with van der Waals surface area (Å²) in [5.41, 5.74) is -0.478. The van der Waals surface area contributed by atoms with Gasteiger partial charge in [0, 0.05) is 4.75 Å². The molecule has 1 unspecified atom stereocenters. The van der Waals surface area contributed by atoms with E-state index in [2.05, 4.69) is 30.2 Å². The van der Waals surface area contributed by atoms with Crippen molar-refractivity contribution in [1.29, 1.82) is 0 Å². The molecule has 0 bridgehead atoms. The Morgan fingerprint density at radius 1 is 1.57 bits per heavy atom. The molecule has 1 atom stereocenters. The molecule has 0 rings (SSSR count). The number of hydrogen-bond donors (Lipinski definition) is 1. The number of carbonyl (C=O) groups is 1. The van der Waals surface area contributed by atoms with Gasteiger partial charge < -0.3 is 0 Å². The number of thioether (sulfide) groups is 1. The number of rotatable bonds is 5. The Morgan fingerprint density at radius 2 is 2.07 bits per heavy atom. The standard InChI is InChI=1S/C10H18INOS/c1-6-10(4,8(13)12-11)7-9(2,3)14-5/h6H,1,7H2,2-5H3,(H,12,13). The number of hydrogen-bond acceptors (Lipinski definition) is 2. The Kier molecular flexibility index (Phi) is 5.51. The summed E-state index contributed by atoms with van der Waals surface area (Å²) in [4.78, 5) is 11.7. The normalized spacial score (nSPS) is 15.8. The van der Waals surface area contributed by atoms with Crippen LogP contribution in [0, 0.1) is 5.41 Å². The maximum Gasteiger partial charge on any atom is 0.238 e. The molecule has 2 nitrogen and oxygen atoms in total. The molecule has 0 spiro atoms. The van der Waals surface area contributed by atoms with E-state index in [-0.39, 0.29) is 10.7 Å². The quantitative estimate of drug-likeness (QED) is 0.477. The molecule has 0 aromatic heterocycles. The third-order valence-electron chi connectivity index (χ3n) is 2.40. The van der Waals surface area contributed by atoms with Crippen LogP contribution in [0.1, 0.15) is 27.2 Å². The van der Waals surface area contributed by atoms with Crippen molar-refractivity contribution in [3.8, 4) is 0 Å². The monoisotopic (exact) mass is 327 g/mol. The Bertz CT molecular complexity index is 230. The number of carbonyl (C=O) groups excluding carboxylic acids is 1. The average Bonchev–Trinajstić information content (AvgIpc) is 2.15. The Balaban J connectivity index is 4.72. The van der Waals surface area contributed by atoms with Crippen LogP contribution < -0.4 is 3.53 Å².